The predicted molar refractivity (Wildman–Crippen MR) is 88.4 cm³/mol. The van der Waals surface area contributed by atoms with Gasteiger partial charge in [0.2, 0.25) is 0 Å². The first-order valence-electron chi connectivity index (χ1n) is 7.97. The van der Waals surface area contributed by atoms with Gasteiger partial charge in [0.05, 0.1) is 5.52 Å². The molecule has 3 heteroatoms. The topological polar surface area (TPSA) is 28.2 Å². The van der Waals surface area contributed by atoms with Gasteiger partial charge in [-0.05, 0) is 63.5 Å². The Kier molecular flexibility index (Phi) is 4.51. The molecule has 2 aromatic rings. The normalized spacial score (nSPS) is 19.3. The molecule has 3 nitrogen and oxygen atoms in total. The molecule has 0 aliphatic carbocycles. The maximum Gasteiger partial charge on any atom is 0.0708 e. The summed E-state index contributed by atoms with van der Waals surface area (Å²) in [5.41, 5.74) is 3.61. The zero-order chi connectivity index (χ0) is 14.7. The molecule has 1 N–H and O–H groups in total. The van der Waals surface area contributed by atoms with Gasteiger partial charge in [-0.15, -0.1) is 0 Å². The first-order valence-corrected chi connectivity index (χ1v) is 7.97. The van der Waals surface area contributed by atoms with Crippen molar-refractivity contribution in [1.82, 2.24) is 15.2 Å². The lowest BCUT2D eigenvalue weighted by molar-refractivity contribution is 0.238. The van der Waals surface area contributed by atoms with E-state index < -0.39 is 0 Å². The van der Waals surface area contributed by atoms with Crippen molar-refractivity contribution in [2.45, 2.75) is 26.3 Å². The first-order chi connectivity index (χ1) is 10.2. The van der Waals surface area contributed by atoms with Crippen LogP contribution >= 0.6 is 0 Å². The molecule has 112 valence electrons. The number of fused-ring (bicyclic) bond motifs is 1. The van der Waals surface area contributed by atoms with E-state index in [1.807, 2.05) is 0 Å². The van der Waals surface area contributed by atoms with E-state index >= 15 is 0 Å². The summed E-state index contributed by atoms with van der Waals surface area (Å²) in [5.74, 6) is 0.790. The number of nitrogens with zero attached hydrogens (tertiary/aromatic N) is 2. The molecule has 0 bridgehead atoms. The number of para-hydroxylation sites is 1. The Bertz CT molecular complexity index is 602. The van der Waals surface area contributed by atoms with Crippen LogP contribution in [0.3, 0.4) is 0 Å². The SMILES string of the molecule is Cc1cc(CN(C)CC2CCCNC2)c2ccccc2n1. The van der Waals surface area contributed by atoms with Gasteiger partial charge in [0, 0.05) is 24.2 Å². The van der Waals surface area contributed by atoms with Gasteiger partial charge in [0.15, 0.2) is 0 Å². The lowest BCUT2D eigenvalue weighted by Crippen LogP contribution is -2.36. The monoisotopic (exact) mass is 283 g/mol. The molecular formula is C18H25N3. The summed E-state index contributed by atoms with van der Waals surface area (Å²) in [6.45, 7) is 6.61. The summed E-state index contributed by atoms with van der Waals surface area (Å²) in [4.78, 5) is 7.09. The molecule has 1 fully saturated rings. The molecule has 0 amide bonds. The molecule has 0 radical (unpaired) electrons. The fourth-order valence-corrected chi connectivity index (χ4v) is 3.40. The van der Waals surface area contributed by atoms with Crippen LogP contribution in [0, 0.1) is 12.8 Å². The fourth-order valence-electron chi connectivity index (χ4n) is 3.40. The van der Waals surface area contributed by atoms with Crippen LogP contribution in [-0.4, -0.2) is 36.6 Å². The number of pyridine rings is 1. The van der Waals surface area contributed by atoms with Gasteiger partial charge in [-0.1, -0.05) is 18.2 Å². The third-order valence-corrected chi connectivity index (χ3v) is 4.34. The summed E-state index contributed by atoms with van der Waals surface area (Å²) in [5, 5.41) is 4.79. The van der Waals surface area contributed by atoms with Crippen LogP contribution in [0.1, 0.15) is 24.1 Å². The molecule has 1 saturated heterocycles. The lowest BCUT2D eigenvalue weighted by Gasteiger charge is -2.28. The van der Waals surface area contributed by atoms with Gasteiger partial charge < -0.3 is 10.2 Å². The van der Waals surface area contributed by atoms with Crippen LogP contribution in [0.2, 0.25) is 0 Å². The van der Waals surface area contributed by atoms with Gasteiger partial charge >= 0.3 is 0 Å². The van der Waals surface area contributed by atoms with Crippen molar-refractivity contribution in [3.8, 4) is 0 Å². The Morgan fingerprint density at radius 2 is 2.19 bits per heavy atom. The average Bonchev–Trinajstić information content (AvgIpc) is 2.48. The van der Waals surface area contributed by atoms with E-state index in [0.717, 1.165) is 23.7 Å². The number of benzene rings is 1. The third kappa shape index (κ3) is 3.60. The van der Waals surface area contributed by atoms with E-state index in [-0.39, 0.29) is 0 Å². The molecule has 1 aromatic heterocycles. The zero-order valence-electron chi connectivity index (χ0n) is 13.1. The maximum atomic E-state index is 4.63. The van der Waals surface area contributed by atoms with Crippen molar-refractivity contribution in [3.63, 3.8) is 0 Å². The molecule has 2 heterocycles. The van der Waals surface area contributed by atoms with Gasteiger partial charge in [0.1, 0.15) is 0 Å². The van der Waals surface area contributed by atoms with E-state index in [4.69, 9.17) is 0 Å². The summed E-state index contributed by atoms with van der Waals surface area (Å²) in [7, 11) is 2.24. The van der Waals surface area contributed by atoms with Gasteiger partial charge in [-0.2, -0.15) is 0 Å². The minimum atomic E-state index is 0.790. The van der Waals surface area contributed by atoms with Gasteiger partial charge in [0.25, 0.3) is 0 Å². The highest BCUT2D eigenvalue weighted by Gasteiger charge is 2.15. The summed E-state index contributed by atoms with van der Waals surface area (Å²) >= 11 is 0. The van der Waals surface area contributed by atoms with E-state index in [0.29, 0.717) is 0 Å². The molecule has 1 aliphatic rings. The third-order valence-electron chi connectivity index (χ3n) is 4.34. The van der Waals surface area contributed by atoms with Crippen LogP contribution in [0.5, 0.6) is 0 Å². The second kappa shape index (κ2) is 6.54. The van der Waals surface area contributed by atoms with Crippen LogP contribution in [0.25, 0.3) is 10.9 Å². The van der Waals surface area contributed by atoms with Crippen molar-refractivity contribution in [2.24, 2.45) is 5.92 Å². The molecule has 21 heavy (non-hydrogen) atoms. The quantitative estimate of drug-likeness (QED) is 0.935. The van der Waals surface area contributed by atoms with Crippen molar-refractivity contribution in [1.29, 1.82) is 0 Å². The maximum absolute atomic E-state index is 4.63. The average molecular weight is 283 g/mol. The fraction of sp³-hybridized carbons (Fsp3) is 0.500. The number of nitrogens with one attached hydrogen (secondary N) is 1. The number of hydrogen-bond donors (Lipinski definition) is 1. The molecule has 0 spiro atoms. The van der Waals surface area contributed by atoms with E-state index in [1.54, 1.807) is 0 Å². The second-order valence-corrected chi connectivity index (χ2v) is 6.35. The highest BCUT2D eigenvalue weighted by Crippen LogP contribution is 2.20. The number of aromatic nitrogens is 1. The summed E-state index contributed by atoms with van der Waals surface area (Å²) in [6, 6.07) is 10.7. The smallest absolute Gasteiger partial charge is 0.0708 e. The molecular weight excluding hydrogens is 258 g/mol. The van der Waals surface area contributed by atoms with Gasteiger partial charge in [-0.25, -0.2) is 0 Å². The number of rotatable bonds is 4. The minimum absolute atomic E-state index is 0.790. The van der Waals surface area contributed by atoms with Crippen LogP contribution < -0.4 is 5.32 Å². The van der Waals surface area contributed by atoms with Crippen LogP contribution in [0.15, 0.2) is 30.3 Å². The Hall–Kier alpha value is -1.45. The highest BCUT2D eigenvalue weighted by molar-refractivity contribution is 5.82. The summed E-state index contributed by atoms with van der Waals surface area (Å²) < 4.78 is 0. The predicted octanol–water partition coefficient (Wildman–Crippen LogP) is 2.97. The number of aryl methyl sites for hydroxylation is 1. The highest BCUT2D eigenvalue weighted by atomic mass is 15.1. The molecule has 1 atom stereocenters. The van der Waals surface area contributed by atoms with Crippen molar-refractivity contribution < 1.29 is 0 Å². The van der Waals surface area contributed by atoms with Crippen molar-refractivity contribution >= 4 is 10.9 Å². The molecule has 3 rings (SSSR count). The van der Waals surface area contributed by atoms with E-state index in [2.05, 4.69) is 59.5 Å². The molecule has 1 aliphatic heterocycles. The summed E-state index contributed by atoms with van der Waals surface area (Å²) in [6.07, 6.45) is 2.67. The Balaban J connectivity index is 1.74. The van der Waals surface area contributed by atoms with E-state index in [1.165, 1.54) is 43.4 Å². The minimum Gasteiger partial charge on any atom is -0.316 e. The standard InChI is InChI=1S/C18H25N3/c1-14-10-16(17-7-3-4-8-18(17)20-14)13-21(2)12-15-6-5-9-19-11-15/h3-4,7-8,10,15,19H,5-6,9,11-13H2,1-2H3. The Morgan fingerprint density at radius 1 is 1.33 bits per heavy atom. The second-order valence-electron chi connectivity index (χ2n) is 6.35. The number of hydrogen-bond acceptors (Lipinski definition) is 3. The van der Waals surface area contributed by atoms with Crippen LogP contribution in [-0.2, 0) is 6.54 Å². The van der Waals surface area contributed by atoms with Gasteiger partial charge in [-0.3, -0.25) is 4.98 Å². The zero-order valence-corrected chi connectivity index (χ0v) is 13.1. The molecule has 1 aromatic carbocycles. The van der Waals surface area contributed by atoms with Crippen LogP contribution in [0.4, 0.5) is 0 Å². The van der Waals surface area contributed by atoms with E-state index in [9.17, 15) is 0 Å². The largest absolute Gasteiger partial charge is 0.316 e. The van der Waals surface area contributed by atoms with Crippen molar-refractivity contribution in [2.75, 3.05) is 26.7 Å². The Morgan fingerprint density at radius 3 is 3.00 bits per heavy atom. The Labute approximate surface area is 127 Å². The molecule has 1 unspecified atom stereocenters. The van der Waals surface area contributed by atoms with Crippen molar-refractivity contribution in [3.05, 3.63) is 41.6 Å². The molecule has 0 saturated carbocycles. The number of piperidine rings is 1. The lowest BCUT2D eigenvalue weighted by atomic mass is 9.99. The first kappa shape index (κ1) is 14.5.